The molecule has 1 aliphatic rings. The summed E-state index contributed by atoms with van der Waals surface area (Å²) in [7, 11) is 3.31. The summed E-state index contributed by atoms with van der Waals surface area (Å²) in [5.74, 6) is 0.423. The van der Waals surface area contributed by atoms with Gasteiger partial charge in [0.15, 0.2) is 0 Å². The fourth-order valence-corrected chi connectivity index (χ4v) is 3.03. The maximum atomic E-state index is 12.2. The van der Waals surface area contributed by atoms with Crippen LogP contribution in [-0.2, 0) is 23.7 Å². The minimum Gasteiger partial charge on any atom is -0.385 e. The van der Waals surface area contributed by atoms with E-state index in [4.69, 9.17) is 18.9 Å². The van der Waals surface area contributed by atoms with Gasteiger partial charge in [-0.2, -0.15) is 0 Å². The molecule has 5 heteroatoms. The number of ether oxygens (including phenoxy) is 4. The van der Waals surface area contributed by atoms with Gasteiger partial charge < -0.3 is 18.9 Å². The molecule has 0 saturated carbocycles. The van der Waals surface area contributed by atoms with Gasteiger partial charge in [-0.25, -0.2) is 0 Å². The number of hydrogen-bond donors (Lipinski definition) is 0. The number of carbonyl (C=O) groups is 1. The maximum Gasteiger partial charge on any atom is 0.146 e. The van der Waals surface area contributed by atoms with E-state index >= 15 is 0 Å². The average molecular weight is 342 g/mol. The molecule has 0 aromatic heterocycles. The van der Waals surface area contributed by atoms with Gasteiger partial charge in [0.2, 0.25) is 0 Å². The van der Waals surface area contributed by atoms with Gasteiger partial charge in [0.25, 0.3) is 0 Å². The summed E-state index contributed by atoms with van der Waals surface area (Å²) >= 11 is 0. The third-order valence-electron chi connectivity index (χ3n) is 4.34. The van der Waals surface area contributed by atoms with Crippen molar-refractivity contribution in [2.75, 3.05) is 34.2 Å². The minimum absolute atomic E-state index is 0.109. The van der Waals surface area contributed by atoms with Crippen molar-refractivity contribution in [3.63, 3.8) is 0 Å². The van der Waals surface area contributed by atoms with Gasteiger partial charge >= 0.3 is 0 Å². The monoisotopic (exact) mass is 342 g/mol. The first kappa shape index (κ1) is 21.3. The van der Waals surface area contributed by atoms with Crippen LogP contribution in [0.2, 0.25) is 0 Å². The van der Waals surface area contributed by atoms with E-state index in [0.29, 0.717) is 12.5 Å². The molecule has 0 amide bonds. The molecule has 0 fully saturated rings. The number of ketones is 1. The predicted molar refractivity (Wildman–Crippen MR) is 93.9 cm³/mol. The second-order valence-corrected chi connectivity index (χ2v) is 6.89. The third kappa shape index (κ3) is 7.43. The molecule has 0 saturated heterocycles. The third-order valence-corrected chi connectivity index (χ3v) is 4.34. The van der Waals surface area contributed by atoms with Crippen LogP contribution in [0.15, 0.2) is 11.6 Å². The topological polar surface area (TPSA) is 54.0 Å². The van der Waals surface area contributed by atoms with E-state index in [1.807, 2.05) is 0 Å². The van der Waals surface area contributed by atoms with Crippen molar-refractivity contribution in [2.45, 2.75) is 58.7 Å². The smallest absolute Gasteiger partial charge is 0.146 e. The quantitative estimate of drug-likeness (QED) is 0.309. The van der Waals surface area contributed by atoms with Crippen molar-refractivity contribution >= 4 is 5.78 Å². The number of Topliss-reactive ketones (excluding diaryl/α,β-unsaturated/α-hetero) is 1. The van der Waals surface area contributed by atoms with Gasteiger partial charge in [-0.3, -0.25) is 4.79 Å². The lowest BCUT2D eigenvalue weighted by molar-refractivity contribution is -0.145. The Morgan fingerprint density at radius 2 is 1.96 bits per heavy atom. The van der Waals surface area contributed by atoms with Crippen LogP contribution >= 0.6 is 0 Å². The maximum absolute atomic E-state index is 12.2. The molecule has 0 aliphatic heterocycles. The van der Waals surface area contributed by atoms with Crippen LogP contribution in [0, 0.1) is 11.8 Å². The van der Waals surface area contributed by atoms with Crippen molar-refractivity contribution < 1.29 is 23.7 Å². The molecule has 0 aromatic rings. The molecule has 0 bridgehead atoms. The van der Waals surface area contributed by atoms with Gasteiger partial charge in [0.05, 0.1) is 18.1 Å². The van der Waals surface area contributed by atoms with E-state index in [0.717, 1.165) is 32.3 Å². The highest BCUT2D eigenvalue weighted by Gasteiger charge is 2.37. The van der Waals surface area contributed by atoms with Crippen molar-refractivity contribution in [3.8, 4) is 0 Å². The van der Waals surface area contributed by atoms with E-state index < -0.39 is 0 Å². The zero-order valence-corrected chi connectivity index (χ0v) is 15.9. The van der Waals surface area contributed by atoms with Crippen molar-refractivity contribution in [1.82, 2.24) is 0 Å². The van der Waals surface area contributed by atoms with E-state index in [1.165, 1.54) is 5.57 Å². The van der Waals surface area contributed by atoms with Crippen LogP contribution < -0.4 is 0 Å². The molecule has 0 N–H and O–H groups in total. The minimum atomic E-state index is -0.265. The summed E-state index contributed by atoms with van der Waals surface area (Å²) in [5.41, 5.74) is 1.28. The summed E-state index contributed by atoms with van der Waals surface area (Å²) in [4.78, 5) is 12.2. The lowest BCUT2D eigenvalue weighted by Crippen LogP contribution is -2.43. The number of hydrogen-bond acceptors (Lipinski definition) is 5. The molecule has 0 aromatic carbocycles. The summed E-state index contributed by atoms with van der Waals surface area (Å²) < 4.78 is 22.0. The highest BCUT2D eigenvalue weighted by Crippen LogP contribution is 2.32. The standard InChI is InChI=1S/C19H34O5/c1-14(2)8-10-23-17-11-16(7-6-9-21-4)12-18(24-13-22-5)19(17)15(3)20/h11,14,17-19H,6-10,12-13H2,1-5H3/t17?,18-,19?/m1/s1. The predicted octanol–water partition coefficient (Wildman–Crippen LogP) is 3.37. The Hall–Kier alpha value is -0.750. The highest BCUT2D eigenvalue weighted by molar-refractivity contribution is 5.80. The van der Waals surface area contributed by atoms with Gasteiger partial charge in [-0.1, -0.05) is 25.5 Å². The molecule has 140 valence electrons. The fraction of sp³-hybridized carbons (Fsp3) is 0.842. The second kappa shape index (κ2) is 11.7. The number of rotatable bonds is 12. The molecule has 2 unspecified atom stereocenters. The van der Waals surface area contributed by atoms with Crippen molar-refractivity contribution in [2.24, 2.45) is 11.8 Å². The van der Waals surface area contributed by atoms with Crippen LogP contribution in [0.1, 0.15) is 46.5 Å². The van der Waals surface area contributed by atoms with E-state index in [-0.39, 0.29) is 30.7 Å². The molecular weight excluding hydrogens is 308 g/mol. The van der Waals surface area contributed by atoms with Gasteiger partial charge in [-0.15, -0.1) is 0 Å². The normalized spacial score (nSPS) is 24.2. The largest absolute Gasteiger partial charge is 0.385 e. The molecule has 5 nitrogen and oxygen atoms in total. The summed E-state index contributed by atoms with van der Waals surface area (Å²) in [6.07, 6.45) is 5.37. The lowest BCUT2D eigenvalue weighted by Gasteiger charge is -2.35. The van der Waals surface area contributed by atoms with E-state index in [2.05, 4.69) is 19.9 Å². The van der Waals surface area contributed by atoms with Gasteiger partial charge in [-0.05, 0) is 38.5 Å². The molecule has 0 heterocycles. The Morgan fingerprint density at radius 1 is 1.21 bits per heavy atom. The first-order chi connectivity index (χ1) is 11.5. The SMILES string of the molecule is COCCCC1=CC(OCCC(C)C)C(C(C)=O)[C@H](OCOC)C1. The Balaban J connectivity index is 2.82. The van der Waals surface area contributed by atoms with Crippen LogP contribution in [0.25, 0.3) is 0 Å². The Kier molecular flexibility index (Phi) is 10.4. The first-order valence-electron chi connectivity index (χ1n) is 8.90. The Bertz CT molecular complexity index is 391. The molecular formula is C19H34O5. The second-order valence-electron chi connectivity index (χ2n) is 6.89. The molecule has 1 rings (SSSR count). The lowest BCUT2D eigenvalue weighted by atomic mass is 9.81. The van der Waals surface area contributed by atoms with Crippen LogP contribution in [0.4, 0.5) is 0 Å². The van der Waals surface area contributed by atoms with Gasteiger partial charge in [0, 0.05) is 27.4 Å². The van der Waals surface area contributed by atoms with E-state index in [1.54, 1.807) is 21.1 Å². The first-order valence-corrected chi connectivity index (χ1v) is 8.90. The fourth-order valence-electron chi connectivity index (χ4n) is 3.03. The summed E-state index contributed by atoms with van der Waals surface area (Å²) in [6.45, 7) is 7.54. The molecule has 0 radical (unpaired) electrons. The van der Waals surface area contributed by atoms with Crippen LogP contribution in [-0.4, -0.2) is 52.2 Å². The summed E-state index contributed by atoms with van der Waals surface area (Å²) in [6, 6.07) is 0. The number of carbonyl (C=O) groups excluding carboxylic acids is 1. The molecule has 1 aliphatic carbocycles. The van der Waals surface area contributed by atoms with Gasteiger partial charge in [0.1, 0.15) is 12.6 Å². The Morgan fingerprint density at radius 3 is 2.54 bits per heavy atom. The van der Waals surface area contributed by atoms with Crippen molar-refractivity contribution in [3.05, 3.63) is 11.6 Å². The van der Waals surface area contributed by atoms with E-state index in [9.17, 15) is 4.79 Å². The molecule has 0 spiro atoms. The highest BCUT2D eigenvalue weighted by atomic mass is 16.7. The Labute approximate surface area is 146 Å². The average Bonchev–Trinajstić information content (AvgIpc) is 2.52. The summed E-state index contributed by atoms with van der Waals surface area (Å²) in [5, 5.41) is 0. The van der Waals surface area contributed by atoms with Crippen LogP contribution in [0.3, 0.4) is 0 Å². The van der Waals surface area contributed by atoms with Crippen molar-refractivity contribution in [1.29, 1.82) is 0 Å². The molecule has 24 heavy (non-hydrogen) atoms. The zero-order chi connectivity index (χ0) is 17.9. The number of methoxy groups -OCH3 is 2. The molecule has 3 atom stereocenters. The zero-order valence-electron chi connectivity index (χ0n) is 15.9. The van der Waals surface area contributed by atoms with Crippen LogP contribution in [0.5, 0.6) is 0 Å².